The highest BCUT2D eigenvalue weighted by atomic mass is 35.5. The molecule has 15 heavy (non-hydrogen) atoms. The van der Waals surface area contributed by atoms with E-state index < -0.39 is 6.04 Å². The van der Waals surface area contributed by atoms with E-state index in [0.29, 0.717) is 27.6 Å². The van der Waals surface area contributed by atoms with E-state index in [1.54, 1.807) is 19.1 Å². The molecule has 2 aromatic rings. The molecule has 1 aromatic heterocycles. The predicted octanol–water partition coefficient (Wildman–Crippen LogP) is 1.78. The first-order chi connectivity index (χ1) is 7.11. The Bertz CT molecular complexity index is 495. The fourth-order valence-electron chi connectivity index (χ4n) is 1.46. The molecule has 1 heterocycles. The van der Waals surface area contributed by atoms with Gasteiger partial charge in [-0.2, -0.15) is 0 Å². The highest BCUT2D eigenvalue weighted by molar-refractivity contribution is 6.32. The summed E-state index contributed by atoms with van der Waals surface area (Å²) in [6, 6.07) is 2.93. The largest absolute Gasteiger partial charge is 0.441 e. The highest BCUT2D eigenvalue weighted by Crippen LogP contribution is 2.27. The quantitative estimate of drug-likeness (QED) is 0.819. The Morgan fingerprint density at radius 2 is 2.33 bits per heavy atom. The third-order valence-corrected chi connectivity index (χ3v) is 2.54. The maximum Gasteiger partial charge on any atom is 0.192 e. The predicted molar refractivity (Wildman–Crippen MR) is 57.8 cm³/mol. The van der Waals surface area contributed by atoms with Gasteiger partial charge in [-0.05, 0) is 11.6 Å². The molecule has 1 aromatic carbocycles. The van der Waals surface area contributed by atoms with Crippen LogP contribution in [0, 0.1) is 6.92 Å². The van der Waals surface area contributed by atoms with Gasteiger partial charge in [0.2, 0.25) is 0 Å². The molecule has 0 aliphatic heterocycles. The number of benzene rings is 1. The van der Waals surface area contributed by atoms with Gasteiger partial charge in [0.25, 0.3) is 0 Å². The molecule has 1 atom stereocenters. The van der Waals surface area contributed by atoms with Crippen molar-refractivity contribution >= 4 is 22.7 Å². The molecular weight excluding hydrogens is 216 g/mol. The Morgan fingerprint density at radius 1 is 1.60 bits per heavy atom. The van der Waals surface area contributed by atoms with Crippen molar-refractivity contribution in [2.75, 3.05) is 6.61 Å². The Hall–Kier alpha value is -1.10. The molecule has 0 amide bonds. The zero-order chi connectivity index (χ0) is 11.0. The standard InChI is InChI=1S/C10H11ClN2O2/c1-5-13-9-2-6(8(12)4-14)7(11)3-10(9)15-5/h2-3,8,14H,4,12H2,1H3. The Labute approximate surface area is 91.7 Å². The van der Waals surface area contributed by atoms with Gasteiger partial charge in [0.1, 0.15) is 5.52 Å². The van der Waals surface area contributed by atoms with Crippen LogP contribution in [-0.4, -0.2) is 16.7 Å². The van der Waals surface area contributed by atoms with Crippen LogP contribution in [-0.2, 0) is 0 Å². The Morgan fingerprint density at radius 3 is 3.00 bits per heavy atom. The molecule has 0 radical (unpaired) electrons. The molecule has 0 aliphatic carbocycles. The van der Waals surface area contributed by atoms with Crippen LogP contribution in [0.15, 0.2) is 16.5 Å². The lowest BCUT2D eigenvalue weighted by Crippen LogP contribution is -2.14. The van der Waals surface area contributed by atoms with Gasteiger partial charge >= 0.3 is 0 Å². The number of fused-ring (bicyclic) bond motifs is 1. The summed E-state index contributed by atoms with van der Waals surface area (Å²) in [6.45, 7) is 1.61. The fourth-order valence-corrected chi connectivity index (χ4v) is 1.76. The summed E-state index contributed by atoms with van der Waals surface area (Å²) < 4.78 is 5.32. The van der Waals surface area contributed by atoms with Crippen LogP contribution in [0.4, 0.5) is 0 Å². The first kappa shape index (κ1) is 10.4. The van der Waals surface area contributed by atoms with Crippen LogP contribution in [0.3, 0.4) is 0 Å². The van der Waals surface area contributed by atoms with E-state index in [1.807, 2.05) is 0 Å². The first-order valence-electron chi connectivity index (χ1n) is 4.55. The third-order valence-electron chi connectivity index (χ3n) is 2.21. The van der Waals surface area contributed by atoms with Crippen LogP contribution in [0.1, 0.15) is 17.5 Å². The topological polar surface area (TPSA) is 72.3 Å². The van der Waals surface area contributed by atoms with Gasteiger partial charge in [0.05, 0.1) is 12.6 Å². The van der Waals surface area contributed by atoms with Crippen molar-refractivity contribution in [3.05, 3.63) is 28.6 Å². The zero-order valence-electron chi connectivity index (χ0n) is 8.20. The van der Waals surface area contributed by atoms with Crippen molar-refractivity contribution in [1.82, 2.24) is 4.98 Å². The summed E-state index contributed by atoms with van der Waals surface area (Å²) in [7, 11) is 0. The molecule has 0 fully saturated rings. The summed E-state index contributed by atoms with van der Waals surface area (Å²) in [4.78, 5) is 4.17. The smallest absolute Gasteiger partial charge is 0.192 e. The lowest BCUT2D eigenvalue weighted by atomic mass is 10.1. The van der Waals surface area contributed by atoms with Crippen molar-refractivity contribution in [3.8, 4) is 0 Å². The zero-order valence-corrected chi connectivity index (χ0v) is 8.95. The van der Waals surface area contributed by atoms with Crippen LogP contribution in [0.25, 0.3) is 11.1 Å². The van der Waals surface area contributed by atoms with Crippen LogP contribution >= 0.6 is 11.6 Å². The van der Waals surface area contributed by atoms with E-state index in [0.717, 1.165) is 0 Å². The Balaban J connectivity index is 2.60. The molecule has 3 N–H and O–H groups in total. The van der Waals surface area contributed by atoms with Crippen molar-refractivity contribution in [2.24, 2.45) is 5.73 Å². The number of nitrogens with zero attached hydrogens (tertiary/aromatic N) is 1. The summed E-state index contributed by atoms with van der Waals surface area (Å²) >= 11 is 6.01. The van der Waals surface area contributed by atoms with E-state index in [1.165, 1.54) is 0 Å². The van der Waals surface area contributed by atoms with E-state index in [9.17, 15) is 0 Å². The average molecular weight is 227 g/mol. The summed E-state index contributed by atoms with van der Waals surface area (Å²) in [5.41, 5.74) is 7.72. The van der Waals surface area contributed by atoms with Crippen LogP contribution in [0.5, 0.6) is 0 Å². The summed E-state index contributed by atoms with van der Waals surface area (Å²) in [5, 5.41) is 9.45. The average Bonchev–Trinajstić information content (AvgIpc) is 2.55. The monoisotopic (exact) mass is 226 g/mol. The summed E-state index contributed by atoms with van der Waals surface area (Å²) in [5.74, 6) is 0.579. The number of oxazole rings is 1. The van der Waals surface area contributed by atoms with Gasteiger partial charge in [-0.3, -0.25) is 0 Å². The minimum Gasteiger partial charge on any atom is -0.441 e. The number of rotatable bonds is 2. The first-order valence-corrected chi connectivity index (χ1v) is 4.92. The Kier molecular flexibility index (Phi) is 2.65. The molecule has 0 aliphatic rings. The molecule has 0 bridgehead atoms. The van der Waals surface area contributed by atoms with Gasteiger partial charge in [-0.1, -0.05) is 11.6 Å². The number of halogens is 1. The molecule has 1 unspecified atom stereocenters. The van der Waals surface area contributed by atoms with Crippen molar-refractivity contribution in [1.29, 1.82) is 0 Å². The van der Waals surface area contributed by atoms with Crippen molar-refractivity contribution in [3.63, 3.8) is 0 Å². The van der Waals surface area contributed by atoms with E-state index in [4.69, 9.17) is 26.9 Å². The van der Waals surface area contributed by atoms with Gasteiger partial charge in [0.15, 0.2) is 11.5 Å². The highest BCUT2D eigenvalue weighted by Gasteiger charge is 2.13. The van der Waals surface area contributed by atoms with E-state index in [2.05, 4.69) is 4.98 Å². The molecule has 5 heteroatoms. The lowest BCUT2D eigenvalue weighted by Gasteiger charge is -2.09. The minimum atomic E-state index is -0.487. The number of aliphatic hydroxyl groups excluding tert-OH is 1. The number of aliphatic hydroxyl groups is 1. The molecule has 0 spiro atoms. The number of aryl methyl sites for hydroxylation is 1. The fraction of sp³-hybridized carbons (Fsp3) is 0.300. The number of aromatic nitrogens is 1. The number of hydrogen-bond donors (Lipinski definition) is 2. The van der Waals surface area contributed by atoms with Crippen LogP contribution in [0.2, 0.25) is 5.02 Å². The molecule has 0 saturated carbocycles. The maximum atomic E-state index is 8.96. The van der Waals surface area contributed by atoms with E-state index >= 15 is 0 Å². The lowest BCUT2D eigenvalue weighted by molar-refractivity contribution is 0.268. The molecule has 0 saturated heterocycles. The normalized spacial score (nSPS) is 13.3. The van der Waals surface area contributed by atoms with Gasteiger partial charge < -0.3 is 15.3 Å². The van der Waals surface area contributed by atoms with E-state index in [-0.39, 0.29) is 6.61 Å². The van der Waals surface area contributed by atoms with Crippen molar-refractivity contribution in [2.45, 2.75) is 13.0 Å². The van der Waals surface area contributed by atoms with Gasteiger partial charge in [-0.25, -0.2) is 4.98 Å². The molecule has 4 nitrogen and oxygen atoms in total. The van der Waals surface area contributed by atoms with Gasteiger partial charge in [0, 0.05) is 18.0 Å². The molecular formula is C10H11ClN2O2. The number of nitrogens with two attached hydrogens (primary N) is 1. The van der Waals surface area contributed by atoms with Crippen molar-refractivity contribution < 1.29 is 9.52 Å². The SMILES string of the molecule is Cc1nc2cc(C(N)CO)c(Cl)cc2o1. The van der Waals surface area contributed by atoms with Crippen LogP contribution < -0.4 is 5.73 Å². The minimum absolute atomic E-state index is 0.151. The second-order valence-electron chi connectivity index (χ2n) is 3.36. The summed E-state index contributed by atoms with van der Waals surface area (Å²) in [6.07, 6.45) is 0. The number of hydrogen-bond acceptors (Lipinski definition) is 4. The third kappa shape index (κ3) is 1.84. The maximum absolute atomic E-state index is 8.96. The second-order valence-corrected chi connectivity index (χ2v) is 3.77. The van der Waals surface area contributed by atoms with Gasteiger partial charge in [-0.15, -0.1) is 0 Å². The molecule has 2 rings (SSSR count). The molecule has 80 valence electrons. The second kappa shape index (κ2) is 3.81.